The van der Waals surface area contributed by atoms with Crippen molar-refractivity contribution in [2.75, 3.05) is 20.8 Å². The number of nitrogens with zero attached hydrogens (tertiary/aromatic N) is 2. The molecule has 1 aromatic carbocycles. The highest BCUT2D eigenvalue weighted by Gasteiger charge is 2.19. The molecule has 0 aliphatic carbocycles. The van der Waals surface area contributed by atoms with Gasteiger partial charge in [-0.15, -0.1) is 11.3 Å². The van der Waals surface area contributed by atoms with Crippen LogP contribution in [0.5, 0.6) is 11.5 Å². The maximum atomic E-state index is 12.4. The van der Waals surface area contributed by atoms with Gasteiger partial charge in [-0.25, -0.2) is 9.78 Å². The highest BCUT2D eigenvalue weighted by molar-refractivity contribution is 7.13. The molecule has 0 fully saturated rings. The van der Waals surface area contributed by atoms with Crippen LogP contribution < -0.4 is 9.47 Å². The summed E-state index contributed by atoms with van der Waals surface area (Å²) in [5.41, 5.74) is 3.45. The Bertz CT molecular complexity index is 1120. The van der Waals surface area contributed by atoms with Crippen molar-refractivity contribution in [3.63, 3.8) is 0 Å². The van der Waals surface area contributed by atoms with E-state index in [4.69, 9.17) is 18.9 Å². The first kappa shape index (κ1) is 23.3. The van der Waals surface area contributed by atoms with Crippen molar-refractivity contribution in [3.05, 3.63) is 52.3 Å². The van der Waals surface area contributed by atoms with E-state index in [1.165, 1.54) is 11.3 Å². The Morgan fingerprint density at radius 2 is 1.81 bits per heavy atom. The second-order valence-corrected chi connectivity index (χ2v) is 7.82. The minimum absolute atomic E-state index is 0.00371. The number of thiazole rings is 1. The summed E-state index contributed by atoms with van der Waals surface area (Å²) in [6.45, 7) is 5.73. The third-order valence-electron chi connectivity index (χ3n) is 4.92. The molecule has 0 amide bonds. The van der Waals surface area contributed by atoms with Gasteiger partial charge >= 0.3 is 11.9 Å². The zero-order chi connectivity index (χ0) is 23.3. The van der Waals surface area contributed by atoms with Crippen LogP contribution in [-0.2, 0) is 27.4 Å². The molecule has 0 unspecified atom stereocenters. The number of benzene rings is 1. The van der Waals surface area contributed by atoms with Crippen LogP contribution in [0.15, 0.2) is 29.6 Å². The summed E-state index contributed by atoms with van der Waals surface area (Å²) < 4.78 is 22.8. The van der Waals surface area contributed by atoms with Crippen molar-refractivity contribution in [3.8, 4) is 22.1 Å². The minimum atomic E-state index is -0.414. The van der Waals surface area contributed by atoms with E-state index in [0.29, 0.717) is 35.1 Å². The molecule has 0 spiro atoms. The van der Waals surface area contributed by atoms with E-state index in [1.54, 1.807) is 38.7 Å². The number of aryl methyl sites for hydroxylation is 1. The van der Waals surface area contributed by atoms with Crippen LogP contribution in [0.3, 0.4) is 0 Å². The molecule has 0 bridgehead atoms. The summed E-state index contributed by atoms with van der Waals surface area (Å²) in [5, 5.41) is 2.64. The van der Waals surface area contributed by atoms with Crippen molar-refractivity contribution in [1.82, 2.24) is 9.55 Å². The Morgan fingerprint density at radius 1 is 1.06 bits per heavy atom. The van der Waals surface area contributed by atoms with E-state index in [-0.39, 0.29) is 13.2 Å². The molecular formula is C23H26N2O6S. The standard InChI is InChI=1S/C23H26N2O6S/c1-6-30-23(27)18-9-14(2)25(15(18)3)11-21(26)31-12-17-13-32-22(24-17)16-7-8-19(28-4)20(10-16)29-5/h7-10,13H,6,11-12H2,1-5H3. The van der Waals surface area contributed by atoms with Crippen molar-refractivity contribution in [1.29, 1.82) is 0 Å². The highest BCUT2D eigenvalue weighted by Crippen LogP contribution is 2.33. The van der Waals surface area contributed by atoms with Gasteiger partial charge in [0.25, 0.3) is 0 Å². The number of carbonyl (C=O) groups is 2. The van der Waals surface area contributed by atoms with Crippen molar-refractivity contribution >= 4 is 23.3 Å². The summed E-state index contributed by atoms with van der Waals surface area (Å²) in [6, 6.07) is 7.29. The quantitative estimate of drug-likeness (QED) is 0.445. The first-order valence-corrected chi connectivity index (χ1v) is 10.9. The van der Waals surface area contributed by atoms with E-state index < -0.39 is 11.9 Å². The van der Waals surface area contributed by atoms with Crippen molar-refractivity contribution in [2.24, 2.45) is 0 Å². The van der Waals surface area contributed by atoms with E-state index in [9.17, 15) is 9.59 Å². The maximum absolute atomic E-state index is 12.4. The van der Waals surface area contributed by atoms with Crippen LogP contribution in [0.25, 0.3) is 10.6 Å². The number of rotatable bonds is 9. The van der Waals surface area contributed by atoms with Crippen LogP contribution in [0.2, 0.25) is 0 Å². The number of ether oxygens (including phenoxy) is 4. The zero-order valence-corrected chi connectivity index (χ0v) is 19.6. The molecule has 2 aromatic heterocycles. The Hall–Kier alpha value is -3.33. The topological polar surface area (TPSA) is 88.9 Å². The second-order valence-electron chi connectivity index (χ2n) is 6.97. The number of aromatic nitrogens is 2. The molecule has 8 nitrogen and oxygen atoms in total. The van der Waals surface area contributed by atoms with Crippen LogP contribution in [0.4, 0.5) is 0 Å². The minimum Gasteiger partial charge on any atom is -0.493 e. The van der Waals surface area contributed by atoms with Crippen molar-refractivity contribution in [2.45, 2.75) is 33.9 Å². The van der Waals surface area contributed by atoms with Crippen molar-refractivity contribution < 1.29 is 28.5 Å². The monoisotopic (exact) mass is 458 g/mol. The number of hydrogen-bond donors (Lipinski definition) is 0. The smallest absolute Gasteiger partial charge is 0.339 e. The SMILES string of the molecule is CCOC(=O)c1cc(C)n(CC(=O)OCc2csc(-c3ccc(OC)c(OC)c3)n2)c1C. The van der Waals surface area contributed by atoms with Gasteiger partial charge in [0.1, 0.15) is 18.2 Å². The first-order chi connectivity index (χ1) is 15.4. The molecule has 0 aliphatic heterocycles. The van der Waals surface area contributed by atoms with E-state index in [2.05, 4.69) is 4.98 Å². The summed E-state index contributed by atoms with van der Waals surface area (Å²) in [7, 11) is 3.17. The van der Waals surface area contributed by atoms with Gasteiger partial charge in [-0.2, -0.15) is 0 Å². The molecule has 3 rings (SSSR count). The predicted molar refractivity (Wildman–Crippen MR) is 120 cm³/mol. The molecule has 0 saturated heterocycles. The third-order valence-corrected chi connectivity index (χ3v) is 5.86. The summed E-state index contributed by atoms with van der Waals surface area (Å²) >= 11 is 1.45. The summed E-state index contributed by atoms with van der Waals surface area (Å²) in [4.78, 5) is 29.0. The molecule has 2 heterocycles. The Morgan fingerprint density at radius 3 is 2.50 bits per heavy atom. The van der Waals surface area contributed by atoms with Gasteiger partial charge in [-0.1, -0.05) is 0 Å². The number of hydrogen-bond acceptors (Lipinski definition) is 8. The van der Waals surface area contributed by atoms with Crippen LogP contribution >= 0.6 is 11.3 Å². The van der Waals surface area contributed by atoms with E-state index >= 15 is 0 Å². The van der Waals surface area contributed by atoms with Crippen LogP contribution in [0, 0.1) is 13.8 Å². The van der Waals surface area contributed by atoms with E-state index in [0.717, 1.165) is 16.3 Å². The lowest BCUT2D eigenvalue weighted by Gasteiger charge is -2.09. The number of carbonyl (C=O) groups excluding carboxylic acids is 2. The fourth-order valence-electron chi connectivity index (χ4n) is 3.26. The molecular weight excluding hydrogens is 432 g/mol. The first-order valence-electron chi connectivity index (χ1n) is 10.0. The summed E-state index contributed by atoms with van der Waals surface area (Å²) in [5.74, 6) is 0.449. The summed E-state index contributed by atoms with van der Waals surface area (Å²) in [6.07, 6.45) is 0. The normalized spacial score (nSPS) is 10.7. The van der Waals surface area contributed by atoms with Gasteiger partial charge < -0.3 is 23.5 Å². The molecule has 0 radical (unpaired) electrons. The maximum Gasteiger partial charge on any atom is 0.339 e. The molecule has 0 saturated carbocycles. The molecule has 170 valence electrons. The van der Waals surface area contributed by atoms with Gasteiger partial charge in [0.2, 0.25) is 0 Å². The van der Waals surface area contributed by atoms with E-state index in [1.807, 2.05) is 30.5 Å². The Labute approximate surface area is 190 Å². The zero-order valence-electron chi connectivity index (χ0n) is 18.8. The number of esters is 2. The van der Waals surface area contributed by atoms with Gasteiger partial charge in [-0.05, 0) is 45.0 Å². The molecule has 32 heavy (non-hydrogen) atoms. The lowest BCUT2D eigenvalue weighted by Crippen LogP contribution is -2.16. The molecule has 3 aromatic rings. The highest BCUT2D eigenvalue weighted by atomic mass is 32.1. The Kier molecular flexibility index (Phi) is 7.53. The van der Waals surface area contributed by atoms with Gasteiger partial charge in [-0.3, -0.25) is 4.79 Å². The average molecular weight is 459 g/mol. The van der Waals surface area contributed by atoms with Gasteiger partial charge in [0.15, 0.2) is 11.5 Å². The lowest BCUT2D eigenvalue weighted by molar-refractivity contribution is -0.145. The average Bonchev–Trinajstić information content (AvgIpc) is 3.37. The molecule has 9 heteroatoms. The van der Waals surface area contributed by atoms with Crippen LogP contribution in [-0.4, -0.2) is 42.3 Å². The lowest BCUT2D eigenvalue weighted by atomic mass is 10.2. The molecule has 0 atom stereocenters. The largest absolute Gasteiger partial charge is 0.493 e. The fraction of sp³-hybridized carbons (Fsp3) is 0.348. The van der Waals surface area contributed by atoms with Gasteiger partial charge in [0, 0.05) is 22.3 Å². The second kappa shape index (κ2) is 10.3. The third kappa shape index (κ3) is 5.11. The molecule has 0 aliphatic rings. The van der Waals surface area contributed by atoms with Gasteiger partial charge in [0.05, 0.1) is 32.1 Å². The molecule has 0 N–H and O–H groups in total. The number of methoxy groups -OCH3 is 2. The Balaban J connectivity index is 1.63. The predicted octanol–water partition coefficient (Wildman–Crippen LogP) is 4.17. The fourth-order valence-corrected chi connectivity index (χ4v) is 4.07. The van der Waals surface area contributed by atoms with Crippen LogP contribution in [0.1, 0.15) is 34.4 Å².